The van der Waals surface area contributed by atoms with Crippen LogP contribution in [0.1, 0.15) is 12.8 Å². The Labute approximate surface area is 188 Å². The Hall–Kier alpha value is -2.61. The van der Waals surface area contributed by atoms with Gasteiger partial charge in [-0.15, -0.1) is 0 Å². The molecule has 0 bridgehead atoms. The highest BCUT2D eigenvalue weighted by molar-refractivity contribution is 7.10. The zero-order valence-electron chi connectivity index (χ0n) is 15.9. The van der Waals surface area contributed by atoms with E-state index in [0.717, 1.165) is 53.2 Å². The number of nitrogens with zero attached hydrogens (tertiary/aromatic N) is 3. The largest absolute Gasteiger partial charge is 0.493 e. The van der Waals surface area contributed by atoms with Crippen LogP contribution in [-0.4, -0.2) is 32.5 Å². The number of para-hydroxylation sites is 1. The van der Waals surface area contributed by atoms with Crippen molar-refractivity contribution in [3.8, 4) is 17.3 Å². The second kappa shape index (κ2) is 9.47. The van der Waals surface area contributed by atoms with Crippen molar-refractivity contribution < 1.29 is 5.11 Å². The number of benzene rings is 2. The average Bonchev–Trinajstić information content (AvgIpc) is 3.15. The van der Waals surface area contributed by atoms with E-state index < -0.39 is 0 Å². The summed E-state index contributed by atoms with van der Waals surface area (Å²) in [5, 5.41) is 18.9. The number of hydrogen-bond donors (Lipinski definition) is 3. The molecule has 4 aromatic rings. The van der Waals surface area contributed by atoms with Crippen LogP contribution < -0.4 is 10.6 Å². The maximum atomic E-state index is 9.26. The first kappa shape index (κ1) is 20.7. The Morgan fingerprint density at radius 1 is 0.933 bits per heavy atom. The normalized spacial score (nSPS) is 11.0. The molecule has 0 unspecified atom stereocenters. The molecule has 30 heavy (non-hydrogen) atoms. The maximum absolute atomic E-state index is 9.26. The first-order valence-electron chi connectivity index (χ1n) is 9.46. The average molecular weight is 460 g/mol. The van der Waals surface area contributed by atoms with Crippen LogP contribution in [0.25, 0.3) is 22.3 Å². The summed E-state index contributed by atoms with van der Waals surface area (Å²) in [5.74, 6) is 1.39. The summed E-state index contributed by atoms with van der Waals surface area (Å²) in [4.78, 5) is 9.41. The SMILES string of the molecule is Oc1cc(NCCCCNc2nc(-c3ccc(Cl)cc3Cl)nc3ccccc23)sn1. The molecule has 0 radical (unpaired) electrons. The summed E-state index contributed by atoms with van der Waals surface area (Å²) in [6.45, 7) is 1.57. The molecule has 0 saturated heterocycles. The van der Waals surface area contributed by atoms with E-state index >= 15 is 0 Å². The van der Waals surface area contributed by atoms with Crippen molar-refractivity contribution in [1.82, 2.24) is 14.3 Å². The standard InChI is InChI=1S/C21H19Cl2N5OS/c22-13-7-8-14(16(23)11-13)21-26-17-6-2-1-5-15(17)20(27-21)25-10-4-3-9-24-19-12-18(29)28-30-19/h1-2,5-8,11-12,24H,3-4,9-10H2,(H,28,29)(H,25,26,27). The van der Waals surface area contributed by atoms with Gasteiger partial charge in [-0.1, -0.05) is 35.3 Å². The van der Waals surface area contributed by atoms with Gasteiger partial charge >= 0.3 is 0 Å². The van der Waals surface area contributed by atoms with Crippen molar-refractivity contribution in [3.05, 3.63) is 58.6 Å². The van der Waals surface area contributed by atoms with Crippen molar-refractivity contribution in [3.63, 3.8) is 0 Å². The molecule has 154 valence electrons. The number of rotatable bonds is 8. The molecular formula is C21H19Cl2N5OS. The molecule has 0 saturated carbocycles. The summed E-state index contributed by atoms with van der Waals surface area (Å²) in [6, 6.07) is 14.8. The fourth-order valence-corrected chi connectivity index (χ4v) is 4.08. The first-order chi connectivity index (χ1) is 14.6. The van der Waals surface area contributed by atoms with Crippen molar-refractivity contribution >= 4 is 56.5 Å². The van der Waals surface area contributed by atoms with Gasteiger partial charge < -0.3 is 15.7 Å². The van der Waals surface area contributed by atoms with Crippen LogP contribution in [0.4, 0.5) is 10.8 Å². The van der Waals surface area contributed by atoms with Crippen molar-refractivity contribution in [2.24, 2.45) is 0 Å². The quantitative estimate of drug-likeness (QED) is 0.277. The lowest BCUT2D eigenvalue weighted by molar-refractivity contribution is 0.460. The van der Waals surface area contributed by atoms with Crippen LogP contribution in [0.5, 0.6) is 5.88 Å². The van der Waals surface area contributed by atoms with Gasteiger partial charge in [0.05, 0.1) is 10.5 Å². The van der Waals surface area contributed by atoms with E-state index in [0.29, 0.717) is 15.9 Å². The molecule has 0 atom stereocenters. The number of aromatic hydroxyl groups is 1. The highest BCUT2D eigenvalue weighted by Gasteiger charge is 2.12. The van der Waals surface area contributed by atoms with Crippen LogP contribution in [-0.2, 0) is 0 Å². The molecule has 2 aromatic heterocycles. The van der Waals surface area contributed by atoms with E-state index in [1.165, 1.54) is 11.5 Å². The Morgan fingerprint density at radius 2 is 1.73 bits per heavy atom. The molecule has 0 amide bonds. The molecule has 2 heterocycles. The minimum atomic E-state index is 0.0522. The van der Waals surface area contributed by atoms with Gasteiger partial charge in [0.1, 0.15) is 10.8 Å². The van der Waals surface area contributed by atoms with Gasteiger partial charge in [-0.3, -0.25) is 0 Å². The fraction of sp³-hybridized carbons (Fsp3) is 0.190. The molecular weight excluding hydrogens is 441 g/mol. The molecule has 4 rings (SSSR count). The van der Waals surface area contributed by atoms with Crippen LogP contribution in [0.15, 0.2) is 48.5 Å². The lowest BCUT2D eigenvalue weighted by Crippen LogP contribution is -2.08. The monoisotopic (exact) mass is 459 g/mol. The number of hydrogen-bond acceptors (Lipinski definition) is 7. The number of nitrogens with one attached hydrogen (secondary N) is 2. The van der Waals surface area contributed by atoms with E-state index in [1.54, 1.807) is 18.2 Å². The van der Waals surface area contributed by atoms with Crippen LogP contribution in [0, 0.1) is 0 Å². The Morgan fingerprint density at radius 3 is 2.50 bits per heavy atom. The van der Waals surface area contributed by atoms with E-state index in [-0.39, 0.29) is 5.88 Å². The topological polar surface area (TPSA) is 83.0 Å². The molecule has 0 aliphatic heterocycles. The molecule has 0 aliphatic rings. The van der Waals surface area contributed by atoms with E-state index in [9.17, 15) is 5.11 Å². The van der Waals surface area contributed by atoms with Gasteiger partial charge in [0.25, 0.3) is 0 Å². The van der Waals surface area contributed by atoms with Crippen molar-refractivity contribution in [2.75, 3.05) is 23.7 Å². The smallest absolute Gasteiger partial charge is 0.224 e. The summed E-state index contributed by atoms with van der Waals surface area (Å²) >= 11 is 13.6. The predicted octanol–water partition coefficient (Wildman–Crippen LogP) is 6.07. The van der Waals surface area contributed by atoms with Gasteiger partial charge in [0.15, 0.2) is 5.82 Å². The minimum Gasteiger partial charge on any atom is -0.493 e. The third-order valence-electron chi connectivity index (χ3n) is 4.47. The van der Waals surface area contributed by atoms with Gasteiger partial charge in [0.2, 0.25) is 5.88 Å². The van der Waals surface area contributed by atoms with Crippen LogP contribution >= 0.6 is 34.7 Å². The molecule has 0 aliphatic carbocycles. The highest BCUT2D eigenvalue weighted by Crippen LogP contribution is 2.31. The summed E-state index contributed by atoms with van der Waals surface area (Å²) < 4.78 is 3.84. The van der Waals surface area contributed by atoms with Crippen LogP contribution in [0.2, 0.25) is 10.0 Å². The number of fused-ring (bicyclic) bond motifs is 1. The Bertz CT molecular complexity index is 1170. The van der Waals surface area contributed by atoms with E-state index in [1.807, 2.05) is 30.3 Å². The van der Waals surface area contributed by atoms with Crippen molar-refractivity contribution in [2.45, 2.75) is 12.8 Å². The highest BCUT2D eigenvalue weighted by atomic mass is 35.5. The number of halogens is 2. The second-order valence-electron chi connectivity index (χ2n) is 6.65. The zero-order valence-corrected chi connectivity index (χ0v) is 18.2. The third-order valence-corrected chi connectivity index (χ3v) is 5.75. The molecule has 2 aromatic carbocycles. The van der Waals surface area contributed by atoms with Gasteiger partial charge in [-0.2, -0.15) is 4.37 Å². The lowest BCUT2D eigenvalue weighted by atomic mass is 10.1. The molecule has 0 spiro atoms. The predicted molar refractivity (Wildman–Crippen MR) is 125 cm³/mol. The Kier molecular flexibility index (Phi) is 6.52. The van der Waals surface area contributed by atoms with E-state index in [4.69, 9.17) is 28.2 Å². The zero-order chi connectivity index (χ0) is 20.9. The number of unbranched alkanes of at least 4 members (excludes halogenated alkanes) is 1. The molecule has 3 N–H and O–H groups in total. The maximum Gasteiger partial charge on any atom is 0.224 e. The Balaban J connectivity index is 1.44. The van der Waals surface area contributed by atoms with Crippen molar-refractivity contribution in [1.29, 1.82) is 0 Å². The molecule has 6 nitrogen and oxygen atoms in total. The fourth-order valence-electron chi connectivity index (χ4n) is 3.02. The second-order valence-corrected chi connectivity index (χ2v) is 8.30. The third kappa shape index (κ3) is 4.92. The van der Waals surface area contributed by atoms with E-state index in [2.05, 4.69) is 20.0 Å². The number of anilines is 2. The summed E-state index contributed by atoms with van der Waals surface area (Å²) in [7, 11) is 0. The van der Waals surface area contributed by atoms with Crippen LogP contribution in [0.3, 0.4) is 0 Å². The number of aromatic nitrogens is 3. The molecule has 9 heteroatoms. The summed E-state index contributed by atoms with van der Waals surface area (Å²) in [6.07, 6.45) is 1.91. The minimum absolute atomic E-state index is 0.0522. The summed E-state index contributed by atoms with van der Waals surface area (Å²) in [5.41, 5.74) is 1.59. The molecule has 0 fully saturated rings. The van der Waals surface area contributed by atoms with Gasteiger partial charge in [-0.05, 0) is 54.7 Å². The first-order valence-corrected chi connectivity index (χ1v) is 11.0. The van der Waals surface area contributed by atoms with Gasteiger partial charge in [0, 0.05) is 35.1 Å². The van der Waals surface area contributed by atoms with Gasteiger partial charge in [-0.25, -0.2) is 9.97 Å². The lowest BCUT2D eigenvalue weighted by Gasteiger charge is -2.12.